The number of rotatable bonds is 7. The minimum Gasteiger partial charge on any atom is -0.484 e. The van der Waals surface area contributed by atoms with Crippen molar-refractivity contribution >= 4 is 5.91 Å². The van der Waals surface area contributed by atoms with E-state index in [1.54, 1.807) is 12.7 Å². The summed E-state index contributed by atoms with van der Waals surface area (Å²) >= 11 is 0. The molecule has 0 radical (unpaired) electrons. The van der Waals surface area contributed by atoms with Crippen LogP contribution >= 0.6 is 0 Å². The van der Waals surface area contributed by atoms with Gasteiger partial charge in [-0.1, -0.05) is 18.6 Å². The third-order valence-corrected chi connectivity index (χ3v) is 4.28. The first-order valence-corrected chi connectivity index (χ1v) is 8.27. The van der Waals surface area contributed by atoms with Crippen LogP contribution in [0.4, 0.5) is 0 Å². The van der Waals surface area contributed by atoms with Crippen LogP contribution in [0.5, 0.6) is 5.75 Å². The molecule has 1 aliphatic heterocycles. The number of likely N-dealkylation sites (tertiary alicyclic amines) is 1. The number of primary amides is 1. The van der Waals surface area contributed by atoms with Crippen molar-refractivity contribution in [3.05, 3.63) is 42.5 Å². The van der Waals surface area contributed by atoms with Gasteiger partial charge >= 0.3 is 0 Å². The summed E-state index contributed by atoms with van der Waals surface area (Å²) < 4.78 is 7.29. The summed E-state index contributed by atoms with van der Waals surface area (Å²) in [4.78, 5) is 17.4. The van der Waals surface area contributed by atoms with Crippen molar-refractivity contribution < 1.29 is 9.53 Å². The summed E-state index contributed by atoms with van der Waals surface area (Å²) in [6.07, 6.45) is 6.97. The van der Waals surface area contributed by atoms with E-state index in [9.17, 15) is 4.79 Å². The lowest BCUT2D eigenvalue weighted by Crippen LogP contribution is -2.41. The van der Waals surface area contributed by atoms with E-state index in [0.717, 1.165) is 26.1 Å². The number of nitrogens with zero attached hydrogens (tertiary/aromatic N) is 4. The quantitative estimate of drug-likeness (QED) is 0.825. The molecule has 0 unspecified atom stereocenters. The molecule has 1 saturated heterocycles. The fourth-order valence-corrected chi connectivity index (χ4v) is 3.14. The number of aromatic nitrogens is 3. The van der Waals surface area contributed by atoms with Gasteiger partial charge in [-0.15, -0.1) is 0 Å². The van der Waals surface area contributed by atoms with Crippen molar-refractivity contribution in [2.24, 2.45) is 5.73 Å². The molecule has 1 aromatic heterocycles. The zero-order valence-corrected chi connectivity index (χ0v) is 13.7. The molecule has 0 bridgehead atoms. The second kappa shape index (κ2) is 7.92. The van der Waals surface area contributed by atoms with Crippen LogP contribution in [0.1, 0.15) is 24.8 Å². The Hall–Kier alpha value is -2.41. The molecular formula is C17H23N5O2. The van der Waals surface area contributed by atoms with E-state index in [1.807, 2.05) is 22.9 Å². The first-order chi connectivity index (χ1) is 11.7. The molecule has 1 aliphatic rings. The molecule has 0 aliphatic carbocycles. The van der Waals surface area contributed by atoms with E-state index in [2.05, 4.69) is 21.0 Å². The Labute approximate surface area is 141 Å². The average Bonchev–Trinajstić information content (AvgIpc) is 3.08. The summed E-state index contributed by atoms with van der Waals surface area (Å²) in [7, 11) is 0. The van der Waals surface area contributed by atoms with Gasteiger partial charge in [0.05, 0.1) is 6.54 Å². The van der Waals surface area contributed by atoms with Gasteiger partial charge in [0.15, 0.2) is 6.61 Å². The van der Waals surface area contributed by atoms with Crippen molar-refractivity contribution in [1.29, 1.82) is 0 Å². The average molecular weight is 329 g/mol. The standard InChI is InChI=1S/C17H23N5O2/c18-17(23)11-24-16-6-3-4-14(8-16)9-21-7-2-1-5-15(21)10-22-13-19-12-20-22/h3-4,6,8,12-13,15H,1-2,5,7,9-11H2,(H2,18,23)/t15-/m0/s1. The summed E-state index contributed by atoms with van der Waals surface area (Å²) in [5.41, 5.74) is 6.29. The Bertz CT molecular complexity index is 659. The van der Waals surface area contributed by atoms with E-state index in [0.29, 0.717) is 11.8 Å². The Balaban J connectivity index is 1.64. The second-order valence-electron chi connectivity index (χ2n) is 6.14. The summed E-state index contributed by atoms with van der Waals surface area (Å²) in [6, 6.07) is 8.30. The van der Waals surface area contributed by atoms with Gasteiger partial charge in [-0.25, -0.2) is 4.98 Å². The molecule has 7 heteroatoms. The third-order valence-electron chi connectivity index (χ3n) is 4.28. The van der Waals surface area contributed by atoms with E-state index >= 15 is 0 Å². The van der Waals surface area contributed by atoms with Gasteiger partial charge in [0.1, 0.15) is 18.4 Å². The molecular weight excluding hydrogens is 306 g/mol. The highest BCUT2D eigenvalue weighted by atomic mass is 16.5. The van der Waals surface area contributed by atoms with E-state index in [-0.39, 0.29) is 6.61 Å². The first kappa shape index (κ1) is 16.4. The maximum Gasteiger partial charge on any atom is 0.255 e. The normalized spacial score (nSPS) is 18.4. The first-order valence-electron chi connectivity index (χ1n) is 8.27. The van der Waals surface area contributed by atoms with Gasteiger partial charge in [0.2, 0.25) is 0 Å². The van der Waals surface area contributed by atoms with Crippen molar-refractivity contribution in [3.63, 3.8) is 0 Å². The molecule has 128 valence electrons. The van der Waals surface area contributed by atoms with Crippen molar-refractivity contribution in [2.45, 2.75) is 38.4 Å². The number of carbonyl (C=O) groups is 1. The highest BCUT2D eigenvalue weighted by Gasteiger charge is 2.23. The predicted octanol–water partition coefficient (Wildman–Crippen LogP) is 1.20. The molecule has 24 heavy (non-hydrogen) atoms. The molecule has 1 fully saturated rings. The van der Waals surface area contributed by atoms with Crippen LogP contribution in [0, 0.1) is 0 Å². The molecule has 1 aromatic carbocycles. The van der Waals surface area contributed by atoms with Crippen LogP contribution in [0.2, 0.25) is 0 Å². The molecule has 0 spiro atoms. The number of benzene rings is 1. The number of amides is 1. The fourth-order valence-electron chi connectivity index (χ4n) is 3.14. The lowest BCUT2D eigenvalue weighted by molar-refractivity contribution is -0.119. The smallest absolute Gasteiger partial charge is 0.255 e. The highest BCUT2D eigenvalue weighted by molar-refractivity contribution is 5.75. The lowest BCUT2D eigenvalue weighted by Gasteiger charge is -2.35. The summed E-state index contributed by atoms with van der Waals surface area (Å²) in [5.74, 6) is 0.209. The number of hydrogen-bond acceptors (Lipinski definition) is 5. The van der Waals surface area contributed by atoms with Gasteiger partial charge < -0.3 is 10.5 Å². The zero-order valence-electron chi connectivity index (χ0n) is 13.7. The number of nitrogens with two attached hydrogens (primary N) is 1. The molecule has 1 amide bonds. The van der Waals surface area contributed by atoms with Crippen molar-refractivity contribution in [2.75, 3.05) is 13.2 Å². The maximum absolute atomic E-state index is 10.8. The molecule has 7 nitrogen and oxygen atoms in total. The number of ether oxygens (including phenoxy) is 1. The van der Waals surface area contributed by atoms with Crippen LogP contribution in [0.25, 0.3) is 0 Å². The molecule has 0 saturated carbocycles. The van der Waals surface area contributed by atoms with Gasteiger partial charge in [-0.3, -0.25) is 14.4 Å². The largest absolute Gasteiger partial charge is 0.484 e. The fraction of sp³-hybridized carbons (Fsp3) is 0.471. The SMILES string of the molecule is NC(=O)COc1cccc(CN2CCCC[C@H]2Cn2cncn2)c1. The maximum atomic E-state index is 10.8. The zero-order chi connectivity index (χ0) is 16.8. The van der Waals surface area contributed by atoms with Gasteiger partial charge in [-0.05, 0) is 37.1 Å². The van der Waals surface area contributed by atoms with Crippen molar-refractivity contribution in [1.82, 2.24) is 19.7 Å². The second-order valence-corrected chi connectivity index (χ2v) is 6.14. The number of carbonyl (C=O) groups excluding carboxylic acids is 1. The van der Waals surface area contributed by atoms with E-state index < -0.39 is 5.91 Å². The number of hydrogen-bond donors (Lipinski definition) is 1. The molecule has 2 heterocycles. The number of piperidine rings is 1. The van der Waals surface area contributed by atoms with Crippen LogP contribution in [0.15, 0.2) is 36.9 Å². The van der Waals surface area contributed by atoms with E-state index in [4.69, 9.17) is 10.5 Å². The van der Waals surface area contributed by atoms with Gasteiger partial charge in [0, 0.05) is 12.6 Å². The highest BCUT2D eigenvalue weighted by Crippen LogP contribution is 2.22. The monoisotopic (exact) mass is 329 g/mol. The molecule has 3 rings (SSSR count). The molecule has 1 atom stereocenters. The van der Waals surface area contributed by atoms with Crippen LogP contribution in [-0.4, -0.2) is 44.8 Å². The molecule has 2 N–H and O–H groups in total. The van der Waals surface area contributed by atoms with Crippen molar-refractivity contribution in [3.8, 4) is 5.75 Å². The van der Waals surface area contributed by atoms with Crippen LogP contribution in [0.3, 0.4) is 0 Å². The Morgan fingerprint density at radius 3 is 3.08 bits per heavy atom. The minimum absolute atomic E-state index is 0.0951. The Morgan fingerprint density at radius 1 is 1.38 bits per heavy atom. The van der Waals surface area contributed by atoms with Crippen LogP contribution in [-0.2, 0) is 17.9 Å². The van der Waals surface area contributed by atoms with Gasteiger partial charge in [0.25, 0.3) is 5.91 Å². The van der Waals surface area contributed by atoms with Crippen LogP contribution < -0.4 is 10.5 Å². The Morgan fingerprint density at radius 2 is 2.29 bits per heavy atom. The lowest BCUT2D eigenvalue weighted by atomic mass is 10.0. The predicted molar refractivity (Wildman–Crippen MR) is 89.2 cm³/mol. The van der Waals surface area contributed by atoms with E-state index in [1.165, 1.54) is 18.4 Å². The summed E-state index contributed by atoms with van der Waals surface area (Å²) in [5, 5.41) is 4.22. The summed E-state index contributed by atoms with van der Waals surface area (Å²) in [6.45, 7) is 2.69. The third kappa shape index (κ3) is 4.55. The topological polar surface area (TPSA) is 86.3 Å². The Kier molecular flexibility index (Phi) is 5.43. The molecule has 2 aromatic rings. The van der Waals surface area contributed by atoms with Gasteiger partial charge in [-0.2, -0.15) is 5.10 Å². The minimum atomic E-state index is -0.468.